The number of nitrogens with two attached hydrogens (primary N) is 1. The molecule has 0 fully saturated rings. The molecule has 0 spiro atoms. The molecule has 188 valence electrons. The van der Waals surface area contributed by atoms with Gasteiger partial charge in [-0.15, -0.1) is 0 Å². The van der Waals surface area contributed by atoms with Crippen LogP contribution in [0.3, 0.4) is 0 Å². The molecule has 0 aliphatic heterocycles. The number of hydrogen-bond donors (Lipinski definition) is 3. The highest BCUT2D eigenvalue weighted by molar-refractivity contribution is 5.72. The molecule has 7 nitrogen and oxygen atoms in total. The summed E-state index contributed by atoms with van der Waals surface area (Å²) in [7, 11) is 4.27. The highest BCUT2D eigenvalue weighted by Crippen LogP contribution is 2.29. The van der Waals surface area contributed by atoms with E-state index < -0.39 is 18.1 Å². The molecule has 2 aromatic rings. The van der Waals surface area contributed by atoms with Crippen molar-refractivity contribution in [3.8, 4) is 11.8 Å². The minimum atomic E-state index is -1.00. The van der Waals surface area contributed by atoms with Gasteiger partial charge in [-0.2, -0.15) is 5.26 Å². The number of nitrogens with zero attached hydrogens (tertiary/aromatic N) is 2. The summed E-state index contributed by atoms with van der Waals surface area (Å²) in [5, 5.41) is 29.0. The van der Waals surface area contributed by atoms with Gasteiger partial charge >= 0.3 is 5.97 Å². The molecule has 2 aromatic carbocycles. The fourth-order valence-electron chi connectivity index (χ4n) is 4.87. The van der Waals surface area contributed by atoms with E-state index in [-0.39, 0.29) is 6.61 Å². The number of rotatable bonds is 13. The Kier molecular flexibility index (Phi) is 9.27. The summed E-state index contributed by atoms with van der Waals surface area (Å²) >= 11 is 0. The third-order valence-corrected chi connectivity index (χ3v) is 6.88. The van der Waals surface area contributed by atoms with Gasteiger partial charge in [-0.05, 0) is 66.8 Å². The van der Waals surface area contributed by atoms with Crippen molar-refractivity contribution >= 4 is 5.97 Å². The van der Waals surface area contributed by atoms with Gasteiger partial charge in [0.15, 0.2) is 0 Å². The van der Waals surface area contributed by atoms with Crippen molar-refractivity contribution in [2.75, 3.05) is 33.8 Å². The lowest BCUT2D eigenvalue weighted by molar-refractivity contribution is -0.894. The van der Waals surface area contributed by atoms with E-state index >= 15 is 0 Å². The maximum atomic E-state index is 10.9. The second-order valence-electron chi connectivity index (χ2n) is 10.4. The number of fused-ring (bicyclic) bond motifs is 1. The molecule has 0 saturated carbocycles. The molecule has 0 heterocycles. The second-order valence-corrected chi connectivity index (χ2v) is 10.4. The monoisotopic (exact) mass is 480 g/mol. The van der Waals surface area contributed by atoms with Crippen molar-refractivity contribution < 1.29 is 24.2 Å². The van der Waals surface area contributed by atoms with Crippen molar-refractivity contribution in [1.82, 2.24) is 0 Å². The number of aliphatic carboxylic acids is 1. The van der Waals surface area contributed by atoms with Crippen molar-refractivity contribution in [2.45, 2.75) is 50.7 Å². The largest absolute Gasteiger partial charge is 0.489 e. The van der Waals surface area contributed by atoms with Crippen LogP contribution >= 0.6 is 0 Å². The number of ether oxygens (including phenoxy) is 1. The lowest BCUT2D eigenvalue weighted by Crippen LogP contribution is -2.48. The number of carboxylic acids is 1. The van der Waals surface area contributed by atoms with Crippen LogP contribution in [0.5, 0.6) is 5.75 Å². The van der Waals surface area contributed by atoms with E-state index in [1.54, 1.807) is 12.1 Å². The van der Waals surface area contributed by atoms with Crippen LogP contribution < -0.4 is 10.5 Å². The number of hydrogen-bond acceptors (Lipinski definition) is 5. The van der Waals surface area contributed by atoms with Gasteiger partial charge in [-0.3, -0.25) is 4.79 Å². The molecule has 35 heavy (non-hydrogen) atoms. The van der Waals surface area contributed by atoms with Gasteiger partial charge in [0, 0.05) is 6.42 Å². The third kappa shape index (κ3) is 8.07. The summed E-state index contributed by atoms with van der Waals surface area (Å²) in [6.45, 7) is 1.65. The van der Waals surface area contributed by atoms with Crippen LogP contribution in [0.1, 0.15) is 41.5 Å². The maximum Gasteiger partial charge on any atom is 0.320 e. The van der Waals surface area contributed by atoms with Gasteiger partial charge in [0.25, 0.3) is 0 Å². The number of nitriles is 1. The number of likely N-dealkylation sites (N-methyl/N-ethyl adjacent to an activating group) is 1. The Bertz CT molecular complexity index is 1020. The molecule has 4 N–H and O–H groups in total. The van der Waals surface area contributed by atoms with E-state index in [0.717, 1.165) is 31.4 Å². The number of aliphatic hydroxyl groups excluding tert-OH is 1. The van der Waals surface area contributed by atoms with Crippen molar-refractivity contribution in [3.05, 3.63) is 64.7 Å². The molecule has 2 atom stereocenters. The van der Waals surface area contributed by atoms with Crippen LogP contribution in [-0.4, -0.2) is 66.6 Å². The number of benzene rings is 2. The molecule has 0 amide bonds. The average Bonchev–Trinajstić information content (AvgIpc) is 3.24. The van der Waals surface area contributed by atoms with Crippen molar-refractivity contribution in [1.29, 1.82) is 5.26 Å². The summed E-state index contributed by atoms with van der Waals surface area (Å²) in [5.41, 5.74) is 9.86. The van der Waals surface area contributed by atoms with Crippen molar-refractivity contribution in [2.24, 2.45) is 11.7 Å². The quantitative estimate of drug-likeness (QED) is 0.380. The molecular formula is C28H38N3O4+. The summed E-state index contributed by atoms with van der Waals surface area (Å²) in [6, 6.07) is 15.3. The fourth-order valence-corrected chi connectivity index (χ4v) is 4.87. The number of aliphatic hydroxyl groups is 1. The highest BCUT2D eigenvalue weighted by Gasteiger charge is 2.26. The Morgan fingerprint density at radius 3 is 2.54 bits per heavy atom. The van der Waals surface area contributed by atoms with Gasteiger partial charge in [0.2, 0.25) is 0 Å². The fraction of sp³-hybridized carbons (Fsp3) is 0.500. The minimum absolute atomic E-state index is 0.110. The number of quaternary nitrogens is 1. The first-order valence-corrected chi connectivity index (χ1v) is 12.4. The smallest absolute Gasteiger partial charge is 0.320 e. The first-order chi connectivity index (χ1) is 16.7. The zero-order valence-corrected chi connectivity index (χ0v) is 20.8. The Balaban J connectivity index is 1.46. The second kappa shape index (κ2) is 12.2. The normalized spacial score (nSPS) is 15.3. The van der Waals surface area contributed by atoms with Gasteiger partial charge in [0.05, 0.1) is 26.2 Å². The van der Waals surface area contributed by atoms with Crippen LogP contribution in [0.25, 0.3) is 0 Å². The SMILES string of the molecule is C[N+](C)(CCC1Cc2ccccc2C1)C[C@@H](O)COc1cc(CCC[C@@H](N)C(=O)O)ccc1C#N. The van der Waals surface area contributed by atoms with Crippen molar-refractivity contribution in [3.63, 3.8) is 0 Å². The van der Waals surface area contributed by atoms with Gasteiger partial charge < -0.3 is 25.2 Å². The molecule has 1 aliphatic rings. The van der Waals surface area contributed by atoms with Gasteiger partial charge in [-0.25, -0.2) is 0 Å². The van der Waals surface area contributed by atoms with Crippen LogP contribution in [-0.2, 0) is 24.1 Å². The van der Waals surface area contributed by atoms with E-state index in [1.165, 1.54) is 11.1 Å². The Morgan fingerprint density at radius 1 is 1.23 bits per heavy atom. The van der Waals surface area contributed by atoms with E-state index in [1.807, 2.05) is 6.07 Å². The maximum absolute atomic E-state index is 10.9. The molecule has 0 bridgehead atoms. The topological polar surface area (TPSA) is 117 Å². The zero-order valence-electron chi connectivity index (χ0n) is 20.8. The first kappa shape index (κ1) is 26.7. The van der Waals surface area contributed by atoms with Crippen LogP contribution in [0.2, 0.25) is 0 Å². The van der Waals surface area contributed by atoms with Gasteiger partial charge in [-0.1, -0.05) is 30.3 Å². The number of carbonyl (C=O) groups is 1. The molecule has 0 radical (unpaired) electrons. The molecule has 0 unspecified atom stereocenters. The average molecular weight is 481 g/mol. The third-order valence-electron chi connectivity index (χ3n) is 6.88. The highest BCUT2D eigenvalue weighted by atomic mass is 16.5. The zero-order chi connectivity index (χ0) is 25.4. The molecular weight excluding hydrogens is 442 g/mol. The molecule has 1 aliphatic carbocycles. The van der Waals surface area contributed by atoms with Crippen LogP contribution in [0.15, 0.2) is 42.5 Å². The molecule has 3 rings (SSSR count). The van der Waals surface area contributed by atoms with E-state index in [0.29, 0.717) is 47.5 Å². The minimum Gasteiger partial charge on any atom is -0.489 e. The predicted molar refractivity (Wildman–Crippen MR) is 135 cm³/mol. The van der Waals surface area contributed by atoms with Crippen LogP contribution in [0, 0.1) is 17.2 Å². The molecule has 0 saturated heterocycles. The van der Waals surface area contributed by atoms with E-state index in [2.05, 4.69) is 44.4 Å². The standard InChI is InChI=1S/C28H37N3O4/c1-31(2,13-12-21-14-22-7-3-4-8-23(22)15-21)18-25(32)19-35-27-16-20(10-11-24(27)17-29)6-5-9-26(30)28(33)34/h3-4,7-8,10-11,16,21,25-26,32H,5-6,9,12-15,18-19,30H2,1-2H3/p+1/t25-,26-/m1/s1. The lowest BCUT2D eigenvalue weighted by Gasteiger charge is -2.32. The summed E-state index contributed by atoms with van der Waals surface area (Å²) in [6.07, 6.45) is 4.37. The van der Waals surface area contributed by atoms with E-state index in [9.17, 15) is 15.2 Å². The Hall–Kier alpha value is -2.92. The molecule has 7 heteroatoms. The van der Waals surface area contributed by atoms with Crippen LogP contribution in [0.4, 0.5) is 0 Å². The Morgan fingerprint density at radius 2 is 1.91 bits per heavy atom. The van der Waals surface area contributed by atoms with E-state index in [4.69, 9.17) is 15.6 Å². The summed E-state index contributed by atoms with van der Waals surface area (Å²) < 4.78 is 6.56. The van der Waals surface area contributed by atoms with Gasteiger partial charge in [0.1, 0.15) is 37.1 Å². The number of carboxylic acid groups (broad SMARTS) is 1. The Labute approximate surface area is 208 Å². The summed E-state index contributed by atoms with van der Waals surface area (Å²) in [5.74, 6) is 0.0993. The predicted octanol–water partition coefficient (Wildman–Crippen LogP) is 2.91. The molecule has 0 aromatic heterocycles. The lowest BCUT2D eigenvalue weighted by atomic mass is 10.0. The summed E-state index contributed by atoms with van der Waals surface area (Å²) in [4.78, 5) is 10.9. The number of aryl methyl sites for hydroxylation is 1. The first-order valence-electron chi connectivity index (χ1n) is 12.4.